The second-order valence-corrected chi connectivity index (χ2v) is 13.2. The van der Waals surface area contributed by atoms with Crippen LogP contribution < -0.4 is 0 Å². The molecule has 0 radical (unpaired) electrons. The van der Waals surface area contributed by atoms with Crippen LogP contribution in [0.4, 0.5) is 0 Å². The average molecular weight is 605 g/mol. The number of furan rings is 1. The van der Waals surface area contributed by atoms with Gasteiger partial charge in [0.1, 0.15) is 11.2 Å². The number of hydrogen-bond acceptors (Lipinski definition) is 2. The van der Waals surface area contributed by atoms with Crippen LogP contribution >= 0.6 is 11.3 Å². The number of aromatic nitrogens is 2. The first-order valence-electron chi connectivity index (χ1n) is 15.6. The molecule has 0 saturated carbocycles. The summed E-state index contributed by atoms with van der Waals surface area (Å²) >= 11 is 1.85. The summed E-state index contributed by atoms with van der Waals surface area (Å²) in [6.07, 6.45) is 0. The fourth-order valence-electron chi connectivity index (χ4n) is 7.75. The smallest absolute Gasteiger partial charge is 0.145 e. The van der Waals surface area contributed by atoms with Crippen LogP contribution in [0.5, 0.6) is 0 Å². The first kappa shape index (κ1) is 24.5. The van der Waals surface area contributed by atoms with Crippen LogP contribution in [-0.4, -0.2) is 9.13 Å². The molecule has 11 aromatic rings. The molecule has 0 saturated heterocycles. The molecule has 0 aliphatic rings. The number of fused-ring (bicyclic) bond motifs is 13. The van der Waals surface area contributed by atoms with E-state index in [9.17, 15) is 0 Å². The predicted molar refractivity (Wildman–Crippen MR) is 195 cm³/mol. The first-order chi connectivity index (χ1) is 22.8. The molecule has 0 unspecified atom stereocenters. The molecule has 11 rings (SSSR count). The zero-order valence-corrected chi connectivity index (χ0v) is 25.4. The van der Waals surface area contributed by atoms with Crippen molar-refractivity contribution in [1.29, 1.82) is 0 Å². The highest BCUT2D eigenvalue weighted by Gasteiger charge is 2.21. The van der Waals surface area contributed by atoms with Gasteiger partial charge in [-0.2, -0.15) is 0 Å². The molecule has 46 heavy (non-hydrogen) atoms. The minimum atomic E-state index is 0.913. The molecular formula is C42H24N2OS. The first-order valence-corrected chi connectivity index (χ1v) is 16.4. The van der Waals surface area contributed by atoms with Gasteiger partial charge in [0.05, 0.1) is 27.5 Å². The van der Waals surface area contributed by atoms with Crippen molar-refractivity contribution in [3.63, 3.8) is 0 Å². The zero-order chi connectivity index (χ0) is 29.9. The third-order valence-electron chi connectivity index (χ3n) is 9.71. The van der Waals surface area contributed by atoms with Gasteiger partial charge in [0.2, 0.25) is 0 Å². The second-order valence-electron chi connectivity index (χ2n) is 12.1. The van der Waals surface area contributed by atoms with Crippen molar-refractivity contribution in [3.8, 4) is 11.4 Å². The Morgan fingerprint density at radius 3 is 1.76 bits per heavy atom. The lowest BCUT2D eigenvalue weighted by Crippen LogP contribution is -1.95. The van der Waals surface area contributed by atoms with Gasteiger partial charge < -0.3 is 13.6 Å². The van der Waals surface area contributed by atoms with E-state index in [0.29, 0.717) is 0 Å². The van der Waals surface area contributed by atoms with Crippen LogP contribution in [0.25, 0.3) is 97.1 Å². The number of thiophene rings is 1. The topological polar surface area (TPSA) is 23.0 Å². The van der Waals surface area contributed by atoms with Gasteiger partial charge in [-0.15, -0.1) is 11.3 Å². The quantitative estimate of drug-likeness (QED) is 0.192. The fourth-order valence-corrected chi connectivity index (χ4v) is 8.83. The maximum atomic E-state index is 6.69. The van der Waals surface area contributed by atoms with Crippen LogP contribution in [0, 0.1) is 0 Å². The molecule has 0 atom stereocenters. The van der Waals surface area contributed by atoms with Crippen molar-refractivity contribution in [2.24, 2.45) is 0 Å². The predicted octanol–water partition coefficient (Wildman–Crippen LogP) is 12.1. The van der Waals surface area contributed by atoms with Crippen LogP contribution in [-0.2, 0) is 0 Å². The van der Waals surface area contributed by atoms with E-state index >= 15 is 0 Å². The van der Waals surface area contributed by atoms with Gasteiger partial charge in [-0.25, -0.2) is 0 Å². The van der Waals surface area contributed by atoms with Gasteiger partial charge >= 0.3 is 0 Å². The molecular weight excluding hydrogens is 581 g/mol. The molecule has 0 bridgehead atoms. The van der Waals surface area contributed by atoms with Crippen molar-refractivity contribution in [2.45, 2.75) is 0 Å². The molecule has 0 N–H and O–H groups in total. The molecule has 0 aliphatic heterocycles. The van der Waals surface area contributed by atoms with E-state index in [4.69, 9.17) is 4.42 Å². The Balaban J connectivity index is 1.28. The Kier molecular flexibility index (Phi) is 4.72. The van der Waals surface area contributed by atoms with Gasteiger partial charge in [-0.3, -0.25) is 0 Å². The molecule has 0 aliphatic carbocycles. The van der Waals surface area contributed by atoms with Crippen molar-refractivity contribution >= 4 is 97.1 Å². The van der Waals surface area contributed by atoms with E-state index in [2.05, 4.69) is 149 Å². The summed E-state index contributed by atoms with van der Waals surface area (Å²) in [7, 11) is 0. The Bertz CT molecular complexity index is 2990. The van der Waals surface area contributed by atoms with Crippen molar-refractivity contribution < 1.29 is 4.42 Å². The monoisotopic (exact) mass is 604 g/mol. The molecule has 3 nitrogen and oxygen atoms in total. The minimum Gasteiger partial charge on any atom is -0.455 e. The Hall–Kier alpha value is -5.84. The Morgan fingerprint density at radius 1 is 0.391 bits per heavy atom. The normalized spacial score (nSPS) is 12.3. The van der Waals surface area contributed by atoms with Crippen LogP contribution in [0.2, 0.25) is 0 Å². The molecule has 0 fully saturated rings. The Labute approximate surface area is 266 Å². The molecule has 4 heterocycles. The maximum Gasteiger partial charge on any atom is 0.145 e. The number of nitrogens with zero attached hydrogens (tertiary/aromatic N) is 2. The Morgan fingerprint density at radius 2 is 0.957 bits per heavy atom. The highest BCUT2D eigenvalue weighted by atomic mass is 32.1. The van der Waals surface area contributed by atoms with Gasteiger partial charge in [0.25, 0.3) is 0 Å². The molecule has 0 amide bonds. The lowest BCUT2D eigenvalue weighted by Gasteiger charge is -2.10. The summed E-state index contributed by atoms with van der Waals surface area (Å²) in [4.78, 5) is 0. The highest BCUT2D eigenvalue weighted by Crippen LogP contribution is 2.43. The lowest BCUT2D eigenvalue weighted by molar-refractivity contribution is 0.673. The van der Waals surface area contributed by atoms with Crippen LogP contribution in [0.15, 0.2) is 150 Å². The summed E-state index contributed by atoms with van der Waals surface area (Å²) < 4.78 is 14.1. The number of hydrogen-bond donors (Lipinski definition) is 0. The SMILES string of the molecule is c1ccc2c(c1)oc1c2ccc2c1c1cc(-n3c4ccccc4c4ccccc43)ccc1n2-c1ccc2sc3ccccc3c2c1. The maximum absolute atomic E-state index is 6.69. The third-order valence-corrected chi connectivity index (χ3v) is 10.9. The number of para-hydroxylation sites is 3. The second kappa shape index (κ2) is 8.87. The van der Waals surface area contributed by atoms with Gasteiger partial charge in [0.15, 0.2) is 0 Å². The summed E-state index contributed by atoms with van der Waals surface area (Å²) in [6.45, 7) is 0. The lowest BCUT2D eigenvalue weighted by atomic mass is 10.1. The highest BCUT2D eigenvalue weighted by molar-refractivity contribution is 7.25. The van der Waals surface area contributed by atoms with Crippen LogP contribution in [0.3, 0.4) is 0 Å². The summed E-state index contributed by atoms with van der Waals surface area (Å²) in [5.41, 5.74) is 8.84. The van der Waals surface area contributed by atoms with Gasteiger partial charge in [-0.1, -0.05) is 72.8 Å². The van der Waals surface area contributed by atoms with Crippen molar-refractivity contribution in [3.05, 3.63) is 146 Å². The molecule has 214 valence electrons. The van der Waals surface area contributed by atoms with Crippen molar-refractivity contribution in [1.82, 2.24) is 9.13 Å². The fraction of sp³-hybridized carbons (Fsp3) is 0. The van der Waals surface area contributed by atoms with Crippen LogP contribution in [0.1, 0.15) is 0 Å². The average Bonchev–Trinajstić information content (AvgIpc) is 3.85. The zero-order valence-electron chi connectivity index (χ0n) is 24.6. The largest absolute Gasteiger partial charge is 0.455 e. The van der Waals surface area contributed by atoms with Crippen molar-refractivity contribution in [2.75, 3.05) is 0 Å². The molecule has 4 aromatic heterocycles. The standard InChI is InChI=1S/C42H24N2OS/c1-5-13-34-27(9-1)28-10-2-6-14-35(28)43(34)25-17-20-36-33(24-25)41-37(21-19-31-29-11-3-7-15-38(29)45-42(31)41)44(36)26-18-22-40-32(23-26)30-12-4-8-16-39(30)46-40/h1-24H. The molecule has 4 heteroatoms. The third kappa shape index (κ3) is 3.16. The van der Waals surface area contributed by atoms with E-state index in [-0.39, 0.29) is 0 Å². The van der Waals surface area contributed by atoms with E-state index in [0.717, 1.165) is 49.7 Å². The van der Waals surface area contributed by atoms with E-state index in [1.54, 1.807) is 0 Å². The summed E-state index contributed by atoms with van der Waals surface area (Å²) in [6, 6.07) is 52.8. The van der Waals surface area contributed by atoms with E-state index in [1.165, 1.54) is 47.4 Å². The van der Waals surface area contributed by atoms with E-state index in [1.807, 2.05) is 17.4 Å². The van der Waals surface area contributed by atoms with Gasteiger partial charge in [0, 0.05) is 58.5 Å². The number of rotatable bonds is 2. The summed E-state index contributed by atoms with van der Waals surface area (Å²) in [5.74, 6) is 0. The van der Waals surface area contributed by atoms with E-state index < -0.39 is 0 Å². The molecule has 7 aromatic carbocycles. The number of benzene rings is 7. The minimum absolute atomic E-state index is 0.913. The summed E-state index contributed by atoms with van der Waals surface area (Å²) in [5, 5.41) is 9.72. The molecule has 0 spiro atoms. The van der Waals surface area contributed by atoms with Gasteiger partial charge in [-0.05, 0) is 72.8 Å².